The Kier molecular flexibility index (Phi) is 3.66. The van der Waals surface area contributed by atoms with E-state index in [1.807, 2.05) is 37.3 Å². The molecule has 0 heterocycles. The van der Waals surface area contributed by atoms with Crippen LogP contribution in [0.3, 0.4) is 0 Å². The third-order valence-corrected chi connectivity index (χ3v) is 2.80. The molecule has 2 aromatic rings. The molecular weight excluding hydrogens is 227 g/mol. The third-order valence-electron chi connectivity index (χ3n) is 2.80. The molecule has 2 aromatic carbocycles. The molecule has 0 aliphatic carbocycles. The first-order valence-corrected chi connectivity index (χ1v) is 6.09. The summed E-state index contributed by atoms with van der Waals surface area (Å²) in [7, 11) is 0. The average Bonchev–Trinajstić information content (AvgIpc) is 2.28. The van der Waals surface area contributed by atoms with Gasteiger partial charge in [0.2, 0.25) is 0 Å². The number of benzene rings is 2. The van der Waals surface area contributed by atoms with Crippen molar-refractivity contribution in [2.24, 2.45) is 0 Å². The number of hydrogen-bond donors (Lipinski definition) is 0. The molecule has 0 spiro atoms. The maximum atomic E-state index is 13.2. The Morgan fingerprint density at radius 1 is 0.944 bits per heavy atom. The quantitative estimate of drug-likeness (QED) is 0.734. The fraction of sp³-hybridized carbons (Fsp3) is 0.250. The molecule has 0 bridgehead atoms. The van der Waals surface area contributed by atoms with Crippen molar-refractivity contribution >= 4 is 0 Å². The Balaban J connectivity index is 2.18. The minimum atomic E-state index is -0.274. The summed E-state index contributed by atoms with van der Waals surface area (Å²) >= 11 is 0. The summed E-state index contributed by atoms with van der Waals surface area (Å²) in [5.41, 5.74) is 2.11. The lowest BCUT2D eigenvalue weighted by molar-refractivity contribution is 0.476. The second-order valence-electron chi connectivity index (χ2n) is 4.79. The van der Waals surface area contributed by atoms with Gasteiger partial charge in [-0.05, 0) is 48.2 Å². The Labute approximate surface area is 107 Å². The Morgan fingerprint density at radius 3 is 2.17 bits per heavy atom. The van der Waals surface area contributed by atoms with Gasteiger partial charge in [0, 0.05) is 6.07 Å². The lowest BCUT2D eigenvalue weighted by atomic mass is 10.0. The highest BCUT2D eigenvalue weighted by Crippen LogP contribution is 2.25. The van der Waals surface area contributed by atoms with Crippen molar-refractivity contribution in [1.82, 2.24) is 0 Å². The molecule has 0 unspecified atom stereocenters. The maximum Gasteiger partial charge on any atom is 0.130 e. The monoisotopic (exact) mass is 244 g/mol. The van der Waals surface area contributed by atoms with Crippen molar-refractivity contribution in [3.8, 4) is 11.5 Å². The van der Waals surface area contributed by atoms with E-state index < -0.39 is 0 Å². The van der Waals surface area contributed by atoms with Crippen molar-refractivity contribution in [1.29, 1.82) is 0 Å². The minimum Gasteiger partial charge on any atom is -0.457 e. The molecule has 0 radical (unpaired) electrons. The van der Waals surface area contributed by atoms with Gasteiger partial charge in [-0.1, -0.05) is 26.0 Å². The molecule has 0 saturated carbocycles. The van der Waals surface area contributed by atoms with E-state index in [1.54, 1.807) is 0 Å². The SMILES string of the molecule is Cc1cc(F)cc(Oc2ccc(C(C)C)cc2)c1. The van der Waals surface area contributed by atoms with E-state index in [9.17, 15) is 4.39 Å². The highest BCUT2D eigenvalue weighted by atomic mass is 19.1. The van der Waals surface area contributed by atoms with Crippen LogP contribution in [0.15, 0.2) is 42.5 Å². The van der Waals surface area contributed by atoms with Gasteiger partial charge in [-0.2, -0.15) is 0 Å². The number of halogens is 1. The molecule has 0 atom stereocenters. The first-order valence-electron chi connectivity index (χ1n) is 6.09. The fourth-order valence-corrected chi connectivity index (χ4v) is 1.82. The molecule has 0 aromatic heterocycles. The second-order valence-corrected chi connectivity index (χ2v) is 4.79. The summed E-state index contributed by atoms with van der Waals surface area (Å²) in [4.78, 5) is 0. The van der Waals surface area contributed by atoms with Gasteiger partial charge in [-0.25, -0.2) is 4.39 Å². The smallest absolute Gasteiger partial charge is 0.130 e. The standard InChI is InChI=1S/C16H17FO/c1-11(2)13-4-6-15(7-5-13)18-16-9-12(3)8-14(17)10-16/h4-11H,1-3H3. The van der Waals surface area contributed by atoms with Gasteiger partial charge in [-0.3, -0.25) is 0 Å². The topological polar surface area (TPSA) is 9.23 Å². The summed E-state index contributed by atoms with van der Waals surface area (Å²) in [5.74, 6) is 1.48. The van der Waals surface area contributed by atoms with Gasteiger partial charge in [0.15, 0.2) is 0 Å². The van der Waals surface area contributed by atoms with E-state index >= 15 is 0 Å². The number of hydrogen-bond acceptors (Lipinski definition) is 1. The van der Waals surface area contributed by atoms with Gasteiger partial charge in [0.05, 0.1) is 0 Å². The van der Waals surface area contributed by atoms with E-state index in [2.05, 4.69) is 13.8 Å². The van der Waals surface area contributed by atoms with Gasteiger partial charge in [-0.15, -0.1) is 0 Å². The van der Waals surface area contributed by atoms with Crippen molar-refractivity contribution in [3.63, 3.8) is 0 Å². The Morgan fingerprint density at radius 2 is 1.61 bits per heavy atom. The van der Waals surface area contributed by atoms with E-state index in [4.69, 9.17) is 4.74 Å². The third kappa shape index (κ3) is 3.10. The van der Waals surface area contributed by atoms with Gasteiger partial charge >= 0.3 is 0 Å². The van der Waals surface area contributed by atoms with E-state index in [1.165, 1.54) is 17.7 Å². The highest BCUT2D eigenvalue weighted by molar-refractivity contribution is 5.35. The van der Waals surface area contributed by atoms with E-state index in [-0.39, 0.29) is 5.82 Å². The molecule has 1 nitrogen and oxygen atoms in total. The summed E-state index contributed by atoms with van der Waals surface area (Å²) in [6, 6.07) is 12.6. The predicted molar refractivity (Wildman–Crippen MR) is 71.7 cm³/mol. The van der Waals surface area contributed by atoms with Crippen LogP contribution in [0.25, 0.3) is 0 Å². The number of aryl methyl sites for hydroxylation is 1. The minimum absolute atomic E-state index is 0.274. The lowest BCUT2D eigenvalue weighted by Gasteiger charge is -2.09. The molecule has 0 aliphatic rings. The van der Waals surface area contributed by atoms with Crippen LogP contribution in [0, 0.1) is 12.7 Å². The van der Waals surface area contributed by atoms with Crippen LogP contribution in [0.5, 0.6) is 11.5 Å². The Bertz CT molecular complexity index is 509. The zero-order valence-electron chi connectivity index (χ0n) is 10.9. The summed E-state index contributed by atoms with van der Waals surface area (Å²) in [6.45, 7) is 6.13. The van der Waals surface area contributed by atoms with Crippen molar-refractivity contribution in [3.05, 3.63) is 59.4 Å². The largest absolute Gasteiger partial charge is 0.457 e. The zero-order valence-corrected chi connectivity index (χ0v) is 10.9. The van der Waals surface area contributed by atoms with Crippen LogP contribution in [0.2, 0.25) is 0 Å². The van der Waals surface area contributed by atoms with Crippen molar-refractivity contribution < 1.29 is 9.13 Å². The van der Waals surface area contributed by atoms with Gasteiger partial charge in [0.1, 0.15) is 17.3 Å². The van der Waals surface area contributed by atoms with Gasteiger partial charge < -0.3 is 4.74 Å². The molecule has 0 aliphatic heterocycles. The molecule has 2 rings (SSSR count). The van der Waals surface area contributed by atoms with E-state index in [0.717, 1.165) is 11.3 Å². The average molecular weight is 244 g/mol. The zero-order chi connectivity index (χ0) is 13.1. The number of ether oxygens (including phenoxy) is 1. The van der Waals surface area contributed by atoms with E-state index in [0.29, 0.717) is 11.7 Å². The van der Waals surface area contributed by atoms with Crippen LogP contribution in [0.4, 0.5) is 4.39 Å². The molecule has 0 amide bonds. The van der Waals surface area contributed by atoms with Crippen molar-refractivity contribution in [2.45, 2.75) is 26.7 Å². The summed E-state index contributed by atoms with van der Waals surface area (Å²) in [5, 5.41) is 0. The van der Waals surface area contributed by atoms with Crippen LogP contribution < -0.4 is 4.74 Å². The molecule has 0 N–H and O–H groups in total. The van der Waals surface area contributed by atoms with Crippen LogP contribution >= 0.6 is 0 Å². The second kappa shape index (κ2) is 5.21. The lowest BCUT2D eigenvalue weighted by Crippen LogP contribution is -1.89. The maximum absolute atomic E-state index is 13.2. The summed E-state index contributed by atoms with van der Waals surface area (Å²) in [6.07, 6.45) is 0. The first-order chi connectivity index (χ1) is 8.54. The molecule has 0 saturated heterocycles. The Hall–Kier alpha value is -1.83. The fourth-order valence-electron chi connectivity index (χ4n) is 1.82. The molecule has 0 fully saturated rings. The van der Waals surface area contributed by atoms with Crippen molar-refractivity contribution in [2.75, 3.05) is 0 Å². The van der Waals surface area contributed by atoms with Gasteiger partial charge in [0.25, 0.3) is 0 Å². The first kappa shape index (κ1) is 12.6. The molecule has 94 valence electrons. The molecule has 2 heteroatoms. The van der Waals surface area contributed by atoms with Crippen LogP contribution in [-0.2, 0) is 0 Å². The summed E-state index contributed by atoms with van der Waals surface area (Å²) < 4.78 is 18.9. The normalized spacial score (nSPS) is 10.7. The van der Waals surface area contributed by atoms with Crippen LogP contribution in [0.1, 0.15) is 30.9 Å². The van der Waals surface area contributed by atoms with Crippen LogP contribution in [-0.4, -0.2) is 0 Å². The predicted octanol–water partition coefficient (Wildman–Crippen LogP) is 5.05. The highest BCUT2D eigenvalue weighted by Gasteiger charge is 2.02. The molecular formula is C16H17FO. The molecule has 18 heavy (non-hydrogen) atoms. The number of rotatable bonds is 3.